The van der Waals surface area contributed by atoms with Gasteiger partial charge in [-0.25, -0.2) is 0 Å². The number of methoxy groups -OCH3 is 1. The smallest absolute Gasteiger partial charge is 0.132 e. The van der Waals surface area contributed by atoms with Crippen LogP contribution in [0.1, 0.15) is 12.5 Å². The molecule has 3 N–H and O–H groups in total. The van der Waals surface area contributed by atoms with Crippen LogP contribution in [-0.4, -0.2) is 18.8 Å². The van der Waals surface area contributed by atoms with Crippen molar-refractivity contribution in [2.24, 2.45) is 5.73 Å². The maximum absolute atomic E-state index is 9.17. The molecule has 78 valence electrons. The molecule has 0 radical (unpaired) electrons. The van der Waals surface area contributed by atoms with E-state index in [9.17, 15) is 0 Å². The van der Waals surface area contributed by atoms with Crippen molar-refractivity contribution in [3.05, 3.63) is 27.3 Å². The predicted octanol–water partition coefficient (Wildman–Crippen LogP) is 1.47. The number of rotatable bonds is 3. The zero-order chi connectivity index (χ0) is 10.8. The Bertz CT molecular complexity index is 326. The number of halogens is 1. The van der Waals surface area contributed by atoms with E-state index in [4.69, 9.17) is 15.6 Å². The van der Waals surface area contributed by atoms with Gasteiger partial charge in [-0.15, -0.1) is 0 Å². The molecule has 1 aromatic rings. The zero-order valence-corrected chi connectivity index (χ0v) is 10.4. The van der Waals surface area contributed by atoms with Gasteiger partial charge in [0, 0.05) is 0 Å². The van der Waals surface area contributed by atoms with E-state index in [0.29, 0.717) is 0 Å². The first-order chi connectivity index (χ1) is 6.53. The molecule has 0 saturated carbocycles. The molecule has 4 heteroatoms. The van der Waals surface area contributed by atoms with Gasteiger partial charge in [0.1, 0.15) is 5.75 Å². The Morgan fingerprint density at radius 2 is 2.21 bits per heavy atom. The van der Waals surface area contributed by atoms with Crippen molar-refractivity contribution >= 4 is 22.6 Å². The molecule has 0 aliphatic carbocycles. The molecular formula is C10H14INO2. The van der Waals surface area contributed by atoms with Crippen LogP contribution in [0.3, 0.4) is 0 Å². The fourth-order valence-electron chi connectivity index (χ4n) is 1.19. The van der Waals surface area contributed by atoms with Crippen molar-refractivity contribution in [1.82, 2.24) is 0 Å². The van der Waals surface area contributed by atoms with Crippen molar-refractivity contribution in [1.29, 1.82) is 0 Å². The van der Waals surface area contributed by atoms with Crippen LogP contribution in [0.4, 0.5) is 0 Å². The van der Waals surface area contributed by atoms with Gasteiger partial charge in [0.15, 0.2) is 0 Å². The minimum absolute atomic E-state index is 0.0871. The minimum atomic E-state index is -0.717. The average Bonchev–Trinajstić information content (AvgIpc) is 2.18. The second kappa shape index (κ2) is 4.46. The summed E-state index contributed by atoms with van der Waals surface area (Å²) < 4.78 is 6.13. The molecule has 0 spiro atoms. The van der Waals surface area contributed by atoms with Crippen LogP contribution in [0.25, 0.3) is 0 Å². The van der Waals surface area contributed by atoms with Crippen LogP contribution in [0.2, 0.25) is 0 Å². The molecule has 1 rings (SSSR count). The lowest BCUT2D eigenvalue weighted by Crippen LogP contribution is -2.37. The monoisotopic (exact) mass is 307 g/mol. The Kier molecular flexibility index (Phi) is 3.74. The summed E-state index contributed by atoms with van der Waals surface area (Å²) in [4.78, 5) is 0. The maximum Gasteiger partial charge on any atom is 0.132 e. The second-order valence-corrected chi connectivity index (χ2v) is 4.48. The summed E-state index contributed by atoms with van der Waals surface area (Å²) in [6, 6.07) is 5.65. The summed E-state index contributed by atoms with van der Waals surface area (Å²) in [7, 11) is 1.62. The maximum atomic E-state index is 9.17. The van der Waals surface area contributed by atoms with Gasteiger partial charge in [0.05, 0.1) is 22.8 Å². The number of hydrogen-bond donors (Lipinski definition) is 2. The Labute approximate surface area is 97.4 Å². The van der Waals surface area contributed by atoms with Crippen molar-refractivity contribution in [3.63, 3.8) is 0 Å². The van der Waals surface area contributed by atoms with Gasteiger partial charge in [-0.05, 0) is 41.1 Å². The van der Waals surface area contributed by atoms with Crippen LogP contribution in [0.5, 0.6) is 5.75 Å². The van der Waals surface area contributed by atoms with Crippen LogP contribution < -0.4 is 10.5 Å². The normalized spacial score (nSPS) is 14.9. The van der Waals surface area contributed by atoms with E-state index >= 15 is 0 Å². The molecule has 0 saturated heterocycles. The van der Waals surface area contributed by atoms with Crippen LogP contribution in [0.15, 0.2) is 18.2 Å². The highest BCUT2D eigenvalue weighted by atomic mass is 127. The molecule has 3 nitrogen and oxygen atoms in total. The topological polar surface area (TPSA) is 55.5 Å². The molecule has 0 bridgehead atoms. The van der Waals surface area contributed by atoms with Gasteiger partial charge < -0.3 is 15.6 Å². The van der Waals surface area contributed by atoms with Crippen LogP contribution in [-0.2, 0) is 5.54 Å². The summed E-state index contributed by atoms with van der Waals surface area (Å²) in [5.74, 6) is 0.785. The van der Waals surface area contributed by atoms with Gasteiger partial charge in [0.25, 0.3) is 0 Å². The number of aliphatic hydroxyl groups is 1. The zero-order valence-electron chi connectivity index (χ0n) is 8.25. The molecule has 0 aromatic heterocycles. The number of hydrogen-bond acceptors (Lipinski definition) is 3. The first kappa shape index (κ1) is 11.7. The Balaban J connectivity index is 3.22. The molecule has 0 heterocycles. The quantitative estimate of drug-likeness (QED) is 0.832. The highest BCUT2D eigenvalue weighted by Crippen LogP contribution is 2.29. The Morgan fingerprint density at radius 3 is 2.71 bits per heavy atom. The van der Waals surface area contributed by atoms with Crippen molar-refractivity contribution in [2.75, 3.05) is 13.7 Å². The van der Waals surface area contributed by atoms with E-state index in [1.165, 1.54) is 0 Å². The number of benzene rings is 1. The van der Waals surface area contributed by atoms with Crippen LogP contribution in [0, 0.1) is 3.57 Å². The molecular weight excluding hydrogens is 293 g/mol. The fourth-order valence-corrected chi connectivity index (χ4v) is 2.39. The lowest BCUT2D eigenvalue weighted by Gasteiger charge is -2.24. The number of aliphatic hydroxyl groups excluding tert-OH is 1. The van der Waals surface area contributed by atoms with E-state index < -0.39 is 5.54 Å². The molecule has 0 aliphatic rings. The summed E-state index contributed by atoms with van der Waals surface area (Å²) >= 11 is 2.17. The van der Waals surface area contributed by atoms with E-state index in [2.05, 4.69) is 22.6 Å². The third-order valence-electron chi connectivity index (χ3n) is 2.13. The first-order valence-corrected chi connectivity index (χ1v) is 5.33. The van der Waals surface area contributed by atoms with E-state index in [-0.39, 0.29) is 6.61 Å². The fraction of sp³-hybridized carbons (Fsp3) is 0.400. The van der Waals surface area contributed by atoms with Crippen molar-refractivity contribution in [2.45, 2.75) is 12.5 Å². The molecule has 0 amide bonds. The van der Waals surface area contributed by atoms with Gasteiger partial charge in [-0.3, -0.25) is 0 Å². The summed E-state index contributed by atoms with van der Waals surface area (Å²) in [5, 5.41) is 9.17. The summed E-state index contributed by atoms with van der Waals surface area (Å²) in [6.45, 7) is 1.71. The molecule has 14 heavy (non-hydrogen) atoms. The number of ether oxygens (including phenoxy) is 1. The van der Waals surface area contributed by atoms with Crippen molar-refractivity contribution < 1.29 is 9.84 Å². The molecule has 0 aliphatic heterocycles. The highest BCUT2D eigenvalue weighted by Gasteiger charge is 2.23. The highest BCUT2D eigenvalue weighted by molar-refractivity contribution is 14.1. The minimum Gasteiger partial charge on any atom is -0.496 e. The molecule has 1 unspecified atom stereocenters. The van der Waals surface area contributed by atoms with Gasteiger partial charge in [-0.2, -0.15) is 0 Å². The van der Waals surface area contributed by atoms with E-state index in [1.807, 2.05) is 18.2 Å². The second-order valence-electron chi connectivity index (χ2n) is 3.40. The lowest BCUT2D eigenvalue weighted by atomic mass is 9.94. The molecule has 1 aromatic carbocycles. The summed E-state index contributed by atoms with van der Waals surface area (Å²) in [5.41, 5.74) is 6.14. The molecule has 1 atom stereocenters. The third kappa shape index (κ3) is 2.18. The third-order valence-corrected chi connectivity index (χ3v) is 3.24. The Morgan fingerprint density at radius 1 is 1.57 bits per heavy atom. The standard InChI is InChI=1S/C10H14INO2/c1-10(12,6-13)7-4-3-5-8(14-2)9(7)11/h3-5,13H,6,12H2,1-2H3. The summed E-state index contributed by atoms with van der Waals surface area (Å²) in [6.07, 6.45) is 0. The SMILES string of the molecule is COc1cccc(C(C)(N)CO)c1I. The first-order valence-electron chi connectivity index (χ1n) is 4.25. The van der Waals surface area contributed by atoms with Crippen molar-refractivity contribution in [3.8, 4) is 5.75 Å². The van der Waals surface area contributed by atoms with E-state index in [0.717, 1.165) is 14.9 Å². The van der Waals surface area contributed by atoms with Gasteiger partial charge in [0.2, 0.25) is 0 Å². The van der Waals surface area contributed by atoms with Gasteiger partial charge >= 0.3 is 0 Å². The average molecular weight is 307 g/mol. The molecule has 0 fully saturated rings. The van der Waals surface area contributed by atoms with Gasteiger partial charge in [-0.1, -0.05) is 12.1 Å². The van der Waals surface area contributed by atoms with E-state index in [1.54, 1.807) is 14.0 Å². The predicted molar refractivity (Wildman–Crippen MR) is 64.3 cm³/mol. The van der Waals surface area contributed by atoms with Crippen LogP contribution >= 0.6 is 22.6 Å². The largest absolute Gasteiger partial charge is 0.496 e. The Hall–Kier alpha value is -0.330. The number of nitrogens with two attached hydrogens (primary N) is 1. The lowest BCUT2D eigenvalue weighted by molar-refractivity contribution is 0.209.